The smallest absolute Gasteiger partial charge is 0.246 e. The fraction of sp³-hybridized carbons (Fsp3) is 0. The van der Waals surface area contributed by atoms with Gasteiger partial charge in [0, 0.05) is 11.1 Å². The van der Waals surface area contributed by atoms with Crippen molar-refractivity contribution in [2.45, 2.75) is 0 Å². The highest BCUT2D eigenvalue weighted by Gasteiger charge is 1.92. The van der Waals surface area contributed by atoms with E-state index < -0.39 is 10.5 Å². The molecule has 0 aliphatic heterocycles. The normalized spacial score (nSPS) is 12.1. The highest BCUT2D eigenvalue weighted by atomic mass is 35.5. The molecule has 0 saturated heterocycles. The maximum atomic E-state index is 10.2. The van der Waals surface area contributed by atoms with Crippen molar-refractivity contribution in [3.05, 3.63) is 23.3 Å². The van der Waals surface area contributed by atoms with Gasteiger partial charge in [0.2, 0.25) is 10.5 Å². The summed E-state index contributed by atoms with van der Waals surface area (Å²) in [4.78, 5) is 20.3. The molecule has 60 valence electrons. The molecule has 11 heavy (non-hydrogen) atoms. The second kappa shape index (κ2) is 5.35. The fourth-order valence-electron chi connectivity index (χ4n) is 0.302. The van der Waals surface area contributed by atoms with Gasteiger partial charge in [0.15, 0.2) is 0 Å². The van der Waals surface area contributed by atoms with Crippen molar-refractivity contribution in [2.75, 3.05) is 0 Å². The maximum Gasteiger partial charge on any atom is 0.246 e. The number of allylic oxidation sites excluding steroid dienone is 4. The molecule has 0 unspecified atom stereocenters. The predicted molar refractivity (Wildman–Crippen MR) is 44.8 cm³/mol. The van der Waals surface area contributed by atoms with Crippen LogP contribution in [-0.4, -0.2) is 10.5 Å². The van der Waals surface area contributed by atoms with E-state index in [9.17, 15) is 9.59 Å². The Labute approximate surface area is 78.4 Å². The Morgan fingerprint density at radius 1 is 0.909 bits per heavy atom. The van der Waals surface area contributed by atoms with Crippen LogP contribution in [0.15, 0.2) is 23.3 Å². The molecular formula is C6H3Cl3O2. The van der Waals surface area contributed by atoms with Gasteiger partial charge in [0.05, 0.1) is 0 Å². The van der Waals surface area contributed by atoms with E-state index in [-0.39, 0.29) is 5.03 Å². The standard InChI is InChI=1S/C6H3Cl3O2/c7-4(3-6(9)11)1-2-5(8)10/h1-3H/b2-1+,4-3-. The Bertz CT molecular complexity index is 230. The second-order valence-electron chi connectivity index (χ2n) is 1.47. The van der Waals surface area contributed by atoms with Crippen molar-refractivity contribution in [3.63, 3.8) is 0 Å². The summed E-state index contributed by atoms with van der Waals surface area (Å²) >= 11 is 15.2. The number of hydrogen-bond acceptors (Lipinski definition) is 2. The topological polar surface area (TPSA) is 34.1 Å². The van der Waals surface area contributed by atoms with Gasteiger partial charge in [-0.25, -0.2) is 0 Å². The first-order valence-corrected chi connectivity index (χ1v) is 3.60. The summed E-state index contributed by atoms with van der Waals surface area (Å²) in [5, 5.41) is -1.32. The molecule has 0 fully saturated rings. The molecule has 0 aliphatic carbocycles. The first-order chi connectivity index (χ1) is 5.02. The largest absolute Gasteiger partial charge is 0.276 e. The van der Waals surface area contributed by atoms with E-state index >= 15 is 0 Å². The van der Waals surface area contributed by atoms with Gasteiger partial charge in [0.1, 0.15) is 0 Å². The summed E-state index contributed by atoms with van der Waals surface area (Å²) in [6, 6.07) is 0. The molecule has 0 heterocycles. The molecule has 0 amide bonds. The van der Waals surface area contributed by atoms with E-state index in [2.05, 4.69) is 0 Å². The first kappa shape index (κ1) is 10.7. The van der Waals surface area contributed by atoms with Gasteiger partial charge >= 0.3 is 0 Å². The van der Waals surface area contributed by atoms with Crippen LogP contribution in [0.2, 0.25) is 0 Å². The van der Waals surface area contributed by atoms with E-state index in [1.165, 1.54) is 6.08 Å². The lowest BCUT2D eigenvalue weighted by atomic mass is 10.4. The summed E-state index contributed by atoms with van der Waals surface area (Å²) in [7, 11) is 0. The van der Waals surface area contributed by atoms with Crippen molar-refractivity contribution in [1.29, 1.82) is 0 Å². The fourth-order valence-corrected chi connectivity index (χ4v) is 0.700. The van der Waals surface area contributed by atoms with Crippen LogP contribution >= 0.6 is 34.8 Å². The first-order valence-electron chi connectivity index (χ1n) is 2.46. The zero-order valence-electron chi connectivity index (χ0n) is 5.18. The Hall–Kier alpha value is -0.310. The van der Waals surface area contributed by atoms with E-state index in [0.717, 1.165) is 12.2 Å². The van der Waals surface area contributed by atoms with Crippen molar-refractivity contribution < 1.29 is 9.59 Å². The summed E-state index contributed by atoms with van der Waals surface area (Å²) in [6.07, 6.45) is 3.15. The summed E-state index contributed by atoms with van der Waals surface area (Å²) in [5.41, 5.74) is 0. The van der Waals surface area contributed by atoms with Gasteiger partial charge in [-0.05, 0) is 35.4 Å². The molecule has 2 nitrogen and oxygen atoms in total. The molecule has 0 saturated carbocycles. The van der Waals surface area contributed by atoms with Crippen molar-refractivity contribution in [3.8, 4) is 0 Å². The Morgan fingerprint density at radius 3 is 1.82 bits per heavy atom. The van der Waals surface area contributed by atoms with E-state index in [0.29, 0.717) is 0 Å². The van der Waals surface area contributed by atoms with Crippen molar-refractivity contribution >= 4 is 45.3 Å². The van der Waals surface area contributed by atoms with Gasteiger partial charge in [-0.2, -0.15) is 0 Å². The Morgan fingerprint density at radius 2 is 1.45 bits per heavy atom. The van der Waals surface area contributed by atoms with Crippen LogP contribution in [0, 0.1) is 0 Å². The van der Waals surface area contributed by atoms with Crippen LogP contribution in [0.5, 0.6) is 0 Å². The van der Waals surface area contributed by atoms with Gasteiger partial charge in [-0.1, -0.05) is 11.6 Å². The average Bonchev–Trinajstić information content (AvgIpc) is 1.82. The molecule has 0 atom stereocenters. The molecule has 0 bridgehead atoms. The van der Waals surface area contributed by atoms with Crippen LogP contribution in [0.4, 0.5) is 0 Å². The van der Waals surface area contributed by atoms with Gasteiger partial charge in [0.25, 0.3) is 0 Å². The maximum absolute atomic E-state index is 10.2. The Kier molecular flexibility index (Phi) is 5.20. The van der Waals surface area contributed by atoms with Gasteiger partial charge in [-0.15, -0.1) is 0 Å². The molecule has 0 aromatic carbocycles. The van der Waals surface area contributed by atoms with Crippen molar-refractivity contribution in [1.82, 2.24) is 0 Å². The highest BCUT2D eigenvalue weighted by molar-refractivity contribution is 6.67. The zero-order valence-corrected chi connectivity index (χ0v) is 7.45. The molecule has 0 radical (unpaired) electrons. The molecule has 0 N–H and O–H groups in total. The third kappa shape index (κ3) is 7.59. The quantitative estimate of drug-likeness (QED) is 0.409. The third-order valence-corrected chi connectivity index (χ3v) is 1.10. The SMILES string of the molecule is O=C(Cl)/C=C(Cl)/C=C/C(=O)Cl. The van der Waals surface area contributed by atoms with E-state index in [1.807, 2.05) is 0 Å². The number of hydrogen-bond donors (Lipinski definition) is 0. The second-order valence-corrected chi connectivity index (χ2v) is 2.65. The van der Waals surface area contributed by atoms with E-state index in [1.54, 1.807) is 0 Å². The molecule has 5 heteroatoms. The molecule has 0 rings (SSSR count). The number of halogens is 3. The molecular weight excluding hydrogens is 210 g/mol. The molecule has 0 spiro atoms. The summed E-state index contributed by atoms with van der Waals surface area (Å²) in [5.74, 6) is 0. The minimum atomic E-state index is -0.707. The van der Waals surface area contributed by atoms with Crippen LogP contribution in [0.1, 0.15) is 0 Å². The minimum absolute atomic E-state index is 0.0546. The number of rotatable bonds is 3. The van der Waals surface area contributed by atoms with Gasteiger partial charge in [-0.3, -0.25) is 9.59 Å². The third-order valence-electron chi connectivity index (χ3n) is 0.625. The monoisotopic (exact) mass is 212 g/mol. The zero-order chi connectivity index (χ0) is 8.85. The van der Waals surface area contributed by atoms with E-state index in [4.69, 9.17) is 34.8 Å². The summed E-state index contributed by atoms with van der Waals surface area (Å²) in [6.45, 7) is 0. The molecule has 0 aromatic rings. The van der Waals surface area contributed by atoms with Crippen molar-refractivity contribution in [2.24, 2.45) is 0 Å². The number of carbonyl (C=O) groups excluding carboxylic acids is 2. The van der Waals surface area contributed by atoms with Crippen LogP contribution in [-0.2, 0) is 9.59 Å². The lowest BCUT2D eigenvalue weighted by Crippen LogP contribution is -1.79. The van der Waals surface area contributed by atoms with Crippen LogP contribution in [0.3, 0.4) is 0 Å². The van der Waals surface area contributed by atoms with Crippen LogP contribution < -0.4 is 0 Å². The Balaban J connectivity index is 4.17. The highest BCUT2D eigenvalue weighted by Crippen LogP contribution is 2.04. The van der Waals surface area contributed by atoms with Crippen LogP contribution in [0.25, 0.3) is 0 Å². The average molecular weight is 213 g/mol. The van der Waals surface area contributed by atoms with Gasteiger partial charge < -0.3 is 0 Å². The summed E-state index contributed by atoms with van der Waals surface area (Å²) < 4.78 is 0. The molecule has 0 aromatic heterocycles. The lowest BCUT2D eigenvalue weighted by molar-refractivity contribution is -0.108. The predicted octanol–water partition coefficient (Wildman–Crippen LogP) is 2.20. The number of carbonyl (C=O) groups is 2. The molecule has 0 aliphatic rings. The minimum Gasteiger partial charge on any atom is -0.276 e. The lowest BCUT2D eigenvalue weighted by Gasteiger charge is -1.82.